The van der Waals surface area contributed by atoms with E-state index in [1.54, 1.807) is 13.8 Å². The van der Waals surface area contributed by atoms with E-state index in [9.17, 15) is 4.79 Å². The van der Waals surface area contributed by atoms with Crippen LogP contribution in [0.4, 0.5) is 0 Å². The molecule has 0 radical (unpaired) electrons. The summed E-state index contributed by atoms with van der Waals surface area (Å²) < 4.78 is 4.95. The van der Waals surface area contributed by atoms with Crippen molar-refractivity contribution in [1.82, 2.24) is 15.2 Å². The fourth-order valence-corrected chi connectivity index (χ4v) is 1.72. The quantitative estimate of drug-likeness (QED) is 0.644. The minimum atomic E-state index is -0.415. The predicted molar refractivity (Wildman–Crippen MR) is 59.6 cm³/mol. The van der Waals surface area contributed by atoms with Gasteiger partial charge in [-0.05, 0) is 19.9 Å². The fraction of sp³-hybridized carbons (Fsp3) is 0.300. The van der Waals surface area contributed by atoms with Crippen LogP contribution >= 0.6 is 11.6 Å². The number of hydrogen-bond donors (Lipinski definition) is 1. The number of ether oxygens (including phenoxy) is 1. The molecule has 0 aliphatic carbocycles. The molecule has 6 heteroatoms. The second-order valence-electron chi connectivity index (χ2n) is 3.25. The van der Waals surface area contributed by atoms with Crippen LogP contribution in [0.25, 0.3) is 11.0 Å². The van der Waals surface area contributed by atoms with Crippen LogP contribution in [0, 0.1) is 6.92 Å². The Hall–Kier alpha value is -1.62. The number of esters is 1. The second kappa shape index (κ2) is 4.09. The maximum atomic E-state index is 11.7. The van der Waals surface area contributed by atoms with E-state index in [-0.39, 0.29) is 5.15 Å². The standard InChI is InChI=1S/C10H10ClN3O2/c1-3-16-10(15)6-4-7(11)12-9-8(6)5(2)13-14-9/h4H,3H2,1-2H3,(H,12,13,14). The Balaban J connectivity index is 2.66. The Kier molecular flexibility index (Phi) is 2.78. The summed E-state index contributed by atoms with van der Waals surface area (Å²) in [6.07, 6.45) is 0. The van der Waals surface area contributed by atoms with E-state index >= 15 is 0 Å². The third-order valence-electron chi connectivity index (χ3n) is 2.17. The van der Waals surface area contributed by atoms with Gasteiger partial charge < -0.3 is 4.74 Å². The van der Waals surface area contributed by atoms with Gasteiger partial charge in [0, 0.05) is 0 Å². The highest BCUT2D eigenvalue weighted by Gasteiger charge is 2.17. The minimum absolute atomic E-state index is 0.235. The second-order valence-corrected chi connectivity index (χ2v) is 3.63. The first kappa shape index (κ1) is 10.9. The van der Waals surface area contributed by atoms with Crippen molar-refractivity contribution in [3.05, 3.63) is 22.5 Å². The lowest BCUT2D eigenvalue weighted by Crippen LogP contribution is -2.06. The van der Waals surface area contributed by atoms with Gasteiger partial charge in [-0.2, -0.15) is 5.10 Å². The SMILES string of the molecule is CCOC(=O)c1cc(Cl)nc2[nH]nc(C)c12. The van der Waals surface area contributed by atoms with E-state index in [4.69, 9.17) is 16.3 Å². The van der Waals surface area contributed by atoms with Crippen molar-refractivity contribution in [2.75, 3.05) is 6.61 Å². The third-order valence-corrected chi connectivity index (χ3v) is 2.37. The maximum Gasteiger partial charge on any atom is 0.339 e. The summed E-state index contributed by atoms with van der Waals surface area (Å²) in [6, 6.07) is 1.49. The molecule has 0 unspecified atom stereocenters. The molecule has 84 valence electrons. The lowest BCUT2D eigenvalue weighted by atomic mass is 10.1. The van der Waals surface area contributed by atoms with Crippen molar-refractivity contribution in [3.8, 4) is 0 Å². The Morgan fingerprint density at radius 1 is 1.62 bits per heavy atom. The molecule has 0 bridgehead atoms. The number of halogens is 1. The van der Waals surface area contributed by atoms with Crippen LogP contribution < -0.4 is 0 Å². The zero-order valence-electron chi connectivity index (χ0n) is 8.87. The Morgan fingerprint density at radius 3 is 3.06 bits per heavy atom. The zero-order valence-corrected chi connectivity index (χ0v) is 9.63. The molecule has 2 aromatic rings. The molecule has 2 heterocycles. The molecule has 0 fully saturated rings. The molecule has 0 amide bonds. The maximum absolute atomic E-state index is 11.7. The molecule has 0 aliphatic heterocycles. The summed E-state index contributed by atoms with van der Waals surface area (Å²) in [5.74, 6) is -0.415. The lowest BCUT2D eigenvalue weighted by Gasteiger charge is -2.03. The van der Waals surface area contributed by atoms with Gasteiger partial charge in [-0.15, -0.1) is 0 Å². The molecular weight excluding hydrogens is 230 g/mol. The average molecular weight is 240 g/mol. The monoisotopic (exact) mass is 239 g/mol. The van der Waals surface area contributed by atoms with Crippen molar-refractivity contribution in [2.45, 2.75) is 13.8 Å². The van der Waals surface area contributed by atoms with Gasteiger partial charge >= 0.3 is 5.97 Å². The molecule has 2 aromatic heterocycles. The summed E-state index contributed by atoms with van der Waals surface area (Å²) in [4.78, 5) is 15.8. The molecule has 0 spiro atoms. The number of nitrogens with one attached hydrogen (secondary N) is 1. The van der Waals surface area contributed by atoms with Crippen LogP contribution in [0.5, 0.6) is 0 Å². The molecule has 2 rings (SSSR count). The third kappa shape index (κ3) is 1.74. The number of carbonyl (C=O) groups is 1. The Morgan fingerprint density at radius 2 is 2.38 bits per heavy atom. The van der Waals surface area contributed by atoms with Crippen molar-refractivity contribution < 1.29 is 9.53 Å². The highest BCUT2D eigenvalue weighted by atomic mass is 35.5. The smallest absolute Gasteiger partial charge is 0.339 e. The molecule has 5 nitrogen and oxygen atoms in total. The summed E-state index contributed by atoms with van der Waals surface area (Å²) >= 11 is 5.81. The van der Waals surface area contributed by atoms with Crippen LogP contribution in [-0.4, -0.2) is 27.8 Å². The van der Waals surface area contributed by atoms with Gasteiger partial charge in [0.2, 0.25) is 0 Å². The van der Waals surface area contributed by atoms with Crippen LogP contribution in [0.2, 0.25) is 5.15 Å². The minimum Gasteiger partial charge on any atom is -0.462 e. The Bertz CT molecular complexity index is 550. The van der Waals surface area contributed by atoms with Gasteiger partial charge in [0.05, 0.1) is 23.3 Å². The lowest BCUT2D eigenvalue weighted by molar-refractivity contribution is 0.0528. The van der Waals surface area contributed by atoms with Crippen LogP contribution in [0.3, 0.4) is 0 Å². The van der Waals surface area contributed by atoms with Gasteiger partial charge in [0.15, 0.2) is 5.65 Å². The van der Waals surface area contributed by atoms with Crippen molar-refractivity contribution in [3.63, 3.8) is 0 Å². The number of aryl methyl sites for hydroxylation is 1. The Labute approximate surface area is 96.8 Å². The number of aromatic nitrogens is 3. The molecule has 1 N–H and O–H groups in total. The van der Waals surface area contributed by atoms with Gasteiger partial charge in [0.25, 0.3) is 0 Å². The molecule has 0 saturated heterocycles. The van der Waals surface area contributed by atoms with E-state index < -0.39 is 5.97 Å². The number of pyridine rings is 1. The highest BCUT2D eigenvalue weighted by Crippen LogP contribution is 2.22. The fourth-order valence-electron chi connectivity index (χ4n) is 1.52. The van der Waals surface area contributed by atoms with Gasteiger partial charge in [-0.1, -0.05) is 11.6 Å². The first-order chi connectivity index (χ1) is 7.63. The number of hydrogen-bond acceptors (Lipinski definition) is 4. The molecule has 0 atom stereocenters. The van der Waals surface area contributed by atoms with E-state index in [0.29, 0.717) is 28.9 Å². The van der Waals surface area contributed by atoms with Crippen LogP contribution in [0.1, 0.15) is 23.0 Å². The van der Waals surface area contributed by atoms with Crippen molar-refractivity contribution >= 4 is 28.6 Å². The number of rotatable bonds is 2. The normalized spacial score (nSPS) is 10.7. The number of fused-ring (bicyclic) bond motifs is 1. The first-order valence-corrected chi connectivity index (χ1v) is 5.19. The van der Waals surface area contributed by atoms with Gasteiger partial charge in [-0.25, -0.2) is 9.78 Å². The zero-order chi connectivity index (χ0) is 11.7. The van der Waals surface area contributed by atoms with Crippen LogP contribution in [-0.2, 0) is 4.74 Å². The largest absolute Gasteiger partial charge is 0.462 e. The van der Waals surface area contributed by atoms with E-state index in [2.05, 4.69) is 15.2 Å². The molecule has 16 heavy (non-hydrogen) atoms. The summed E-state index contributed by atoms with van der Waals surface area (Å²) in [5, 5.41) is 7.59. The number of aromatic amines is 1. The molecule has 0 saturated carbocycles. The number of H-pyrrole nitrogens is 1. The van der Waals surface area contributed by atoms with Gasteiger partial charge in [0.1, 0.15) is 5.15 Å². The van der Waals surface area contributed by atoms with Gasteiger partial charge in [-0.3, -0.25) is 5.10 Å². The van der Waals surface area contributed by atoms with E-state index in [0.717, 1.165) is 0 Å². The van der Waals surface area contributed by atoms with Crippen LogP contribution in [0.15, 0.2) is 6.07 Å². The molecule has 0 aromatic carbocycles. The summed E-state index contributed by atoms with van der Waals surface area (Å²) in [7, 11) is 0. The van der Waals surface area contributed by atoms with Crippen molar-refractivity contribution in [1.29, 1.82) is 0 Å². The highest BCUT2D eigenvalue weighted by molar-refractivity contribution is 6.30. The van der Waals surface area contributed by atoms with E-state index in [1.165, 1.54) is 6.07 Å². The topological polar surface area (TPSA) is 67.9 Å². The summed E-state index contributed by atoms with van der Waals surface area (Å²) in [6.45, 7) is 3.86. The summed E-state index contributed by atoms with van der Waals surface area (Å²) in [5.41, 5.74) is 1.58. The number of nitrogens with zero attached hydrogens (tertiary/aromatic N) is 2. The van der Waals surface area contributed by atoms with Crippen molar-refractivity contribution in [2.24, 2.45) is 0 Å². The molecule has 0 aliphatic rings. The average Bonchev–Trinajstić information content (AvgIpc) is 2.59. The number of carbonyl (C=O) groups excluding carboxylic acids is 1. The molecular formula is C10H10ClN3O2. The first-order valence-electron chi connectivity index (χ1n) is 4.81. The van der Waals surface area contributed by atoms with E-state index in [1.807, 2.05) is 0 Å². The predicted octanol–water partition coefficient (Wildman–Crippen LogP) is 2.10.